The average molecular weight is 160 g/mol. The lowest BCUT2D eigenvalue weighted by molar-refractivity contribution is 0.565. The minimum atomic E-state index is 0.533. The second-order valence-corrected chi connectivity index (χ2v) is 2.15. The van der Waals surface area contributed by atoms with E-state index in [1.165, 1.54) is 12.4 Å². The van der Waals surface area contributed by atoms with Crippen LogP contribution >= 0.6 is 0 Å². The molecule has 2 heterocycles. The molecule has 58 valence electrons. The Kier molecular flexibility index (Phi) is 1.43. The molecule has 0 bridgehead atoms. The fourth-order valence-electron chi connectivity index (χ4n) is 0.927. The van der Waals surface area contributed by atoms with Gasteiger partial charge in [-0.1, -0.05) is 0 Å². The lowest BCUT2D eigenvalue weighted by Gasteiger charge is -1.90. The number of hydrogen-bond acceptors (Lipinski definition) is 4. The van der Waals surface area contributed by atoms with Crippen LogP contribution in [-0.2, 0) is 4.79 Å². The second-order valence-electron chi connectivity index (χ2n) is 2.15. The molecule has 0 atom stereocenters. The molecule has 0 aliphatic carbocycles. The highest BCUT2D eigenvalue weighted by atomic mass is 16.1. The third kappa shape index (κ3) is 0.980. The second kappa shape index (κ2) is 2.56. The van der Waals surface area contributed by atoms with Crippen LogP contribution in [-0.4, -0.2) is 20.7 Å². The SMILES string of the molecule is O=C=Nc1ccn2ncnc2c1. The highest BCUT2D eigenvalue weighted by Crippen LogP contribution is 2.11. The van der Waals surface area contributed by atoms with E-state index in [0.29, 0.717) is 11.3 Å². The van der Waals surface area contributed by atoms with Gasteiger partial charge < -0.3 is 0 Å². The van der Waals surface area contributed by atoms with E-state index in [0.717, 1.165) is 0 Å². The predicted molar refractivity (Wildman–Crippen MR) is 40.8 cm³/mol. The Morgan fingerprint density at radius 1 is 1.58 bits per heavy atom. The summed E-state index contributed by atoms with van der Waals surface area (Å²) in [5.41, 5.74) is 1.19. The summed E-state index contributed by atoms with van der Waals surface area (Å²) >= 11 is 0. The van der Waals surface area contributed by atoms with Gasteiger partial charge in [0.15, 0.2) is 5.65 Å². The maximum atomic E-state index is 9.91. The van der Waals surface area contributed by atoms with E-state index in [9.17, 15) is 4.79 Å². The minimum Gasteiger partial charge on any atom is -0.221 e. The summed E-state index contributed by atoms with van der Waals surface area (Å²) in [4.78, 5) is 17.3. The van der Waals surface area contributed by atoms with Gasteiger partial charge in [-0.15, -0.1) is 0 Å². The Bertz CT molecular complexity index is 455. The van der Waals surface area contributed by atoms with Gasteiger partial charge in [0.2, 0.25) is 6.08 Å². The molecule has 0 fully saturated rings. The number of hydrogen-bond donors (Lipinski definition) is 0. The van der Waals surface area contributed by atoms with Crippen molar-refractivity contribution in [3.05, 3.63) is 24.7 Å². The van der Waals surface area contributed by atoms with Crippen LogP contribution in [0.2, 0.25) is 0 Å². The van der Waals surface area contributed by atoms with Crippen LogP contribution in [0.5, 0.6) is 0 Å². The average Bonchev–Trinajstić information content (AvgIpc) is 2.51. The van der Waals surface area contributed by atoms with Crippen LogP contribution in [0.4, 0.5) is 5.69 Å². The molecule has 5 nitrogen and oxygen atoms in total. The smallest absolute Gasteiger partial charge is 0.221 e. The monoisotopic (exact) mass is 160 g/mol. The molecule has 2 aromatic heterocycles. The summed E-state index contributed by atoms with van der Waals surface area (Å²) in [6.07, 6.45) is 4.57. The number of carbonyl (C=O) groups excluding carboxylic acids is 1. The predicted octanol–water partition coefficient (Wildman–Crippen LogP) is 0.697. The fraction of sp³-hybridized carbons (Fsp3) is 0. The zero-order chi connectivity index (χ0) is 8.39. The number of aromatic nitrogens is 3. The minimum absolute atomic E-state index is 0.533. The Labute approximate surface area is 67.4 Å². The van der Waals surface area contributed by atoms with Crippen molar-refractivity contribution in [2.75, 3.05) is 0 Å². The van der Waals surface area contributed by atoms with Gasteiger partial charge in [0.1, 0.15) is 6.33 Å². The molecule has 0 amide bonds. The summed E-state index contributed by atoms with van der Waals surface area (Å²) in [5.74, 6) is 0. The van der Waals surface area contributed by atoms with Crippen molar-refractivity contribution in [2.24, 2.45) is 4.99 Å². The van der Waals surface area contributed by atoms with E-state index in [4.69, 9.17) is 0 Å². The highest BCUT2D eigenvalue weighted by molar-refractivity contribution is 5.54. The summed E-state index contributed by atoms with van der Waals surface area (Å²) in [6.45, 7) is 0. The number of isocyanates is 1. The zero-order valence-corrected chi connectivity index (χ0v) is 6.01. The summed E-state index contributed by atoms with van der Waals surface area (Å²) in [6, 6.07) is 3.31. The Morgan fingerprint density at radius 3 is 3.33 bits per heavy atom. The summed E-state index contributed by atoms with van der Waals surface area (Å²) < 4.78 is 1.59. The van der Waals surface area contributed by atoms with Crippen LogP contribution in [0, 0.1) is 0 Å². The number of rotatable bonds is 1. The third-order valence-corrected chi connectivity index (χ3v) is 1.44. The van der Waals surface area contributed by atoms with Crippen molar-refractivity contribution < 1.29 is 4.79 Å². The van der Waals surface area contributed by atoms with Crippen LogP contribution in [0.1, 0.15) is 0 Å². The molecule has 0 N–H and O–H groups in total. The molecule has 5 heteroatoms. The topological polar surface area (TPSA) is 59.6 Å². The van der Waals surface area contributed by atoms with Gasteiger partial charge in [-0.25, -0.2) is 14.3 Å². The van der Waals surface area contributed by atoms with Gasteiger partial charge in [-0.2, -0.15) is 10.1 Å². The maximum absolute atomic E-state index is 9.91. The van der Waals surface area contributed by atoms with Crippen molar-refractivity contribution in [1.29, 1.82) is 0 Å². The molecule has 0 aliphatic heterocycles. The first-order chi connectivity index (χ1) is 5.90. The first kappa shape index (κ1) is 6.69. The van der Waals surface area contributed by atoms with E-state index in [1.807, 2.05) is 0 Å². The van der Waals surface area contributed by atoms with Crippen molar-refractivity contribution in [3.8, 4) is 0 Å². The summed E-state index contributed by atoms with van der Waals surface area (Å²) in [5, 5.41) is 3.89. The maximum Gasteiger partial charge on any atom is 0.240 e. The van der Waals surface area contributed by atoms with Crippen LogP contribution in [0.25, 0.3) is 5.65 Å². The molecule has 2 rings (SSSR count). The standard InChI is InChI=1S/C7H4N4O/c12-5-9-6-1-2-11-7(3-6)8-4-10-11/h1-4H. The molecule has 0 saturated heterocycles. The number of aliphatic imine (C=N–C) groups is 1. The zero-order valence-electron chi connectivity index (χ0n) is 6.01. The first-order valence-corrected chi connectivity index (χ1v) is 3.27. The molecular weight excluding hydrogens is 156 g/mol. The van der Waals surface area contributed by atoms with E-state index < -0.39 is 0 Å². The van der Waals surface area contributed by atoms with E-state index >= 15 is 0 Å². The fourth-order valence-corrected chi connectivity index (χ4v) is 0.927. The van der Waals surface area contributed by atoms with Crippen molar-refractivity contribution in [3.63, 3.8) is 0 Å². The van der Waals surface area contributed by atoms with Gasteiger partial charge in [0.05, 0.1) is 5.69 Å². The lowest BCUT2D eigenvalue weighted by Crippen LogP contribution is -1.83. The van der Waals surface area contributed by atoms with E-state index in [-0.39, 0.29) is 0 Å². The van der Waals surface area contributed by atoms with Crippen LogP contribution in [0.15, 0.2) is 29.6 Å². The quantitative estimate of drug-likeness (QED) is 0.455. The van der Waals surface area contributed by atoms with Gasteiger partial charge >= 0.3 is 0 Å². The van der Waals surface area contributed by atoms with Gasteiger partial charge in [0, 0.05) is 12.3 Å². The van der Waals surface area contributed by atoms with Crippen LogP contribution < -0.4 is 0 Å². The van der Waals surface area contributed by atoms with Crippen molar-refractivity contribution in [2.45, 2.75) is 0 Å². The molecule has 0 saturated carbocycles. The normalized spacial score (nSPS) is 9.67. The number of fused-ring (bicyclic) bond motifs is 1. The van der Waals surface area contributed by atoms with Gasteiger partial charge in [-0.3, -0.25) is 0 Å². The van der Waals surface area contributed by atoms with E-state index in [2.05, 4.69) is 15.1 Å². The number of pyridine rings is 1. The molecule has 0 aromatic carbocycles. The molecule has 0 unspecified atom stereocenters. The molecular formula is C7H4N4O. The Morgan fingerprint density at radius 2 is 2.50 bits per heavy atom. The molecule has 0 spiro atoms. The number of nitrogens with zero attached hydrogens (tertiary/aromatic N) is 4. The molecule has 2 aromatic rings. The van der Waals surface area contributed by atoms with Crippen molar-refractivity contribution >= 4 is 17.4 Å². The third-order valence-electron chi connectivity index (χ3n) is 1.44. The van der Waals surface area contributed by atoms with E-state index in [1.54, 1.807) is 22.8 Å². The summed E-state index contributed by atoms with van der Waals surface area (Å²) in [7, 11) is 0. The van der Waals surface area contributed by atoms with Crippen molar-refractivity contribution in [1.82, 2.24) is 14.6 Å². The Balaban J connectivity index is 2.67. The highest BCUT2D eigenvalue weighted by Gasteiger charge is 1.94. The molecule has 12 heavy (non-hydrogen) atoms. The largest absolute Gasteiger partial charge is 0.240 e. The molecule has 0 aliphatic rings. The lowest BCUT2D eigenvalue weighted by atomic mass is 10.4. The van der Waals surface area contributed by atoms with Gasteiger partial charge in [-0.05, 0) is 6.07 Å². The Hall–Kier alpha value is -2.00. The van der Waals surface area contributed by atoms with Crippen LogP contribution in [0.3, 0.4) is 0 Å². The first-order valence-electron chi connectivity index (χ1n) is 3.27. The van der Waals surface area contributed by atoms with Gasteiger partial charge in [0.25, 0.3) is 0 Å². The molecule has 0 radical (unpaired) electrons.